The molecule has 3 aromatic carbocycles. The Morgan fingerprint density at radius 2 is 1.71 bits per heavy atom. The van der Waals surface area contributed by atoms with Gasteiger partial charge in [0, 0.05) is 22.9 Å². The molecule has 170 valence electrons. The molecule has 0 aliphatic carbocycles. The molecule has 1 amide bonds. The van der Waals surface area contributed by atoms with Gasteiger partial charge >= 0.3 is 5.97 Å². The van der Waals surface area contributed by atoms with E-state index in [0.717, 1.165) is 5.56 Å². The lowest BCUT2D eigenvalue weighted by Gasteiger charge is -2.06. The van der Waals surface area contributed by atoms with Crippen LogP contribution in [0.3, 0.4) is 0 Å². The van der Waals surface area contributed by atoms with E-state index in [-0.39, 0.29) is 17.2 Å². The highest BCUT2D eigenvalue weighted by Gasteiger charge is 2.21. The third-order valence-electron chi connectivity index (χ3n) is 4.85. The summed E-state index contributed by atoms with van der Waals surface area (Å²) >= 11 is 0. The summed E-state index contributed by atoms with van der Waals surface area (Å²) in [7, 11) is 0. The molecular formula is C24H19N5O5. The summed E-state index contributed by atoms with van der Waals surface area (Å²) in [6.07, 6.45) is 0. The molecule has 0 aliphatic rings. The first-order valence-corrected chi connectivity index (χ1v) is 10.2. The molecule has 34 heavy (non-hydrogen) atoms. The van der Waals surface area contributed by atoms with Crippen molar-refractivity contribution >= 4 is 23.3 Å². The van der Waals surface area contributed by atoms with Gasteiger partial charge in [-0.15, -0.1) is 5.10 Å². The number of para-hydroxylation sites is 1. The van der Waals surface area contributed by atoms with E-state index in [2.05, 4.69) is 15.4 Å². The summed E-state index contributed by atoms with van der Waals surface area (Å²) in [6.45, 7) is 0.984. The van der Waals surface area contributed by atoms with E-state index in [4.69, 9.17) is 4.74 Å². The minimum atomic E-state index is -0.878. The van der Waals surface area contributed by atoms with Crippen LogP contribution in [0.15, 0.2) is 78.9 Å². The van der Waals surface area contributed by atoms with E-state index in [1.807, 2.05) is 60.7 Å². The molecule has 4 rings (SSSR count). The van der Waals surface area contributed by atoms with Crippen molar-refractivity contribution in [1.29, 1.82) is 0 Å². The Kier molecular flexibility index (Phi) is 6.40. The van der Waals surface area contributed by atoms with E-state index >= 15 is 0 Å². The minimum absolute atomic E-state index is 0.126. The molecule has 1 aromatic heterocycles. The van der Waals surface area contributed by atoms with Crippen molar-refractivity contribution in [1.82, 2.24) is 14.8 Å². The zero-order chi connectivity index (χ0) is 24.1. The number of aromatic nitrogens is 3. The highest BCUT2D eigenvalue weighted by Crippen LogP contribution is 2.23. The number of aryl methyl sites for hydroxylation is 1. The van der Waals surface area contributed by atoms with Crippen LogP contribution in [-0.2, 0) is 9.53 Å². The van der Waals surface area contributed by atoms with Crippen molar-refractivity contribution < 1.29 is 19.2 Å². The Bertz CT molecular complexity index is 1300. The quantitative estimate of drug-likeness (QED) is 0.253. The molecule has 0 aliphatic heterocycles. The second-order valence-electron chi connectivity index (χ2n) is 7.26. The summed E-state index contributed by atoms with van der Waals surface area (Å²) < 4.78 is 6.61. The van der Waals surface area contributed by atoms with Crippen LogP contribution in [0.25, 0.3) is 17.1 Å². The molecule has 4 aromatic rings. The Hall–Kier alpha value is -4.86. The smallest absolute Gasteiger partial charge is 0.378 e. The second-order valence-corrected chi connectivity index (χ2v) is 7.26. The van der Waals surface area contributed by atoms with Crippen molar-refractivity contribution in [3.63, 3.8) is 0 Å². The number of benzene rings is 3. The first kappa shape index (κ1) is 22.3. The maximum absolute atomic E-state index is 12.6. The van der Waals surface area contributed by atoms with Crippen LogP contribution in [-0.4, -0.2) is 38.2 Å². The topological polar surface area (TPSA) is 129 Å². The van der Waals surface area contributed by atoms with E-state index < -0.39 is 23.4 Å². The van der Waals surface area contributed by atoms with Gasteiger partial charge in [0.15, 0.2) is 12.4 Å². The number of nitro groups is 1. The van der Waals surface area contributed by atoms with Crippen molar-refractivity contribution in [3.05, 3.63) is 100 Å². The summed E-state index contributed by atoms with van der Waals surface area (Å²) in [6, 6.07) is 22.7. The maximum atomic E-state index is 12.6. The summed E-state index contributed by atoms with van der Waals surface area (Å²) in [5.74, 6) is -1.30. The fourth-order valence-electron chi connectivity index (χ4n) is 3.20. The fraction of sp³-hybridized carbons (Fsp3) is 0.0833. The molecule has 0 fully saturated rings. The lowest BCUT2D eigenvalue weighted by molar-refractivity contribution is -0.385. The lowest BCUT2D eigenvalue weighted by Crippen LogP contribution is -2.21. The van der Waals surface area contributed by atoms with E-state index in [9.17, 15) is 19.7 Å². The van der Waals surface area contributed by atoms with Gasteiger partial charge in [-0.25, -0.2) is 14.5 Å². The molecular weight excluding hydrogens is 438 g/mol. The van der Waals surface area contributed by atoms with Crippen LogP contribution in [0.4, 0.5) is 11.4 Å². The number of amides is 1. The Labute approximate surface area is 194 Å². The van der Waals surface area contributed by atoms with Crippen molar-refractivity contribution in [3.8, 4) is 17.1 Å². The van der Waals surface area contributed by atoms with Gasteiger partial charge in [-0.2, -0.15) is 0 Å². The number of nitro benzene ring substituents is 1. The molecule has 10 heteroatoms. The third kappa shape index (κ3) is 4.96. The van der Waals surface area contributed by atoms with Gasteiger partial charge in [-0.1, -0.05) is 54.6 Å². The Balaban J connectivity index is 1.49. The van der Waals surface area contributed by atoms with Crippen LogP contribution < -0.4 is 5.32 Å². The van der Waals surface area contributed by atoms with E-state index in [0.29, 0.717) is 17.1 Å². The van der Waals surface area contributed by atoms with Gasteiger partial charge in [-0.05, 0) is 25.1 Å². The minimum Gasteiger partial charge on any atom is -0.450 e. The first-order valence-electron chi connectivity index (χ1n) is 10.2. The van der Waals surface area contributed by atoms with Crippen LogP contribution in [0, 0.1) is 17.0 Å². The predicted molar refractivity (Wildman–Crippen MR) is 124 cm³/mol. The molecule has 0 spiro atoms. The monoisotopic (exact) mass is 457 g/mol. The zero-order valence-electron chi connectivity index (χ0n) is 18.0. The number of rotatable bonds is 7. The summed E-state index contributed by atoms with van der Waals surface area (Å²) in [5.41, 5.74) is 2.00. The average Bonchev–Trinajstić information content (AvgIpc) is 3.30. The molecule has 0 atom stereocenters. The van der Waals surface area contributed by atoms with Gasteiger partial charge in [0.05, 0.1) is 10.6 Å². The van der Waals surface area contributed by atoms with Crippen LogP contribution >= 0.6 is 0 Å². The van der Waals surface area contributed by atoms with Gasteiger partial charge < -0.3 is 10.1 Å². The second kappa shape index (κ2) is 9.74. The molecule has 1 N–H and O–H groups in total. The number of hydrogen-bond donors (Lipinski definition) is 1. The number of ether oxygens (including phenoxy) is 1. The number of hydrogen-bond acceptors (Lipinski definition) is 7. The van der Waals surface area contributed by atoms with E-state index in [1.165, 1.54) is 22.9 Å². The zero-order valence-corrected chi connectivity index (χ0v) is 18.0. The Morgan fingerprint density at radius 1 is 1.03 bits per heavy atom. The van der Waals surface area contributed by atoms with Crippen LogP contribution in [0.2, 0.25) is 0 Å². The largest absolute Gasteiger partial charge is 0.450 e. The number of esters is 1. The number of nitrogens with zero attached hydrogens (tertiary/aromatic N) is 4. The highest BCUT2D eigenvalue weighted by atomic mass is 16.6. The molecule has 0 saturated carbocycles. The maximum Gasteiger partial charge on any atom is 0.378 e. The molecule has 1 heterocycles. The molecule has 0 saturated heterocycles. The van der Waals surface area contributed by atoms with Crippen molar-refractivity contribution in [2.45, 2.75) is 6.92 Å². The first-order chi connectivity index (χ1) is 16.4. The SMILES string of the molecule is Cc1ccc(NC(=O)COC(=O)c2nc(-c3ccccc3)n(-c3ccccc3)n2)cc1[N+](=O)[O-]. The normalized spacial score (nSPS) is 10.5. The lowest BCUT2D eigenvalue weighted by atomic mass is 10.2. The van der Waals surface area contributed by atoms with E-state index in [1.54, 1.807) is 6.92 Å². The number of anilines is 1. The average molecular weight is 457 g/mol. The van der Waals surface area contributed by atoms with Crippen molar-refractivity contribution in [2.75, 3.05) is 11.9 Å². The molecule has 10 nitrogen and oxygen atoms in total. The predicted octanol–water partition coefficient (Wildman–Crippen LogP) is 3.95. The van der Waals surface area contributed by atoms with Gasteiger partial charge in [0.25, 0.3) is 17.4 Å². The van der Waals surface area contributed by atoms with Crippen molar-refractivity contribution in [2.24, 2.45) is 0 Å². The molecule has 0 unspecified atom stereocenters. The summed E-state index contributed by atoms with van der Waals surface area (Å²) in [4.78, 5) is 39.7. The Morgan fingerprint density at radius 3 is 2.38 bits per heavy atom. The fourth-order valence-corrected chi connectivity index (χ4v) is 3.20. The summed E-state index contributed by atoms with van der Waals surface area (Å²) in [5, 5.41) is 17.8. The third-order valence-corrected chi connectivity index (χ3v) is 4.85. The van der Waals surface area contributed by atoms with Crippen LogP contribution in [0.5, 0.6) is 0 Å². The van der Waals surface area contributed by atoms with Gasteiger partial charge in [0.1, 0.15) is 0 Å². The number of carbonyl (C=O) groups excluding carboxylic acids is 2. The molecule has 0 bridgehead atoms. The van der Waals surface area contributed by atoms with Gasteiger partial charge in [0.2, 0.25) is 0 Å². The number of nitrogens with one attached hydrogen (secondary N) is 1. The standard InChI is InChI=1S/C24H19N5O5/c1-16-12-13-18(14-20(16)29(32)33)25-21(30)15-34-24(31)22-26-23(17-8-4-2-5-9-17)28(27-22)19-10-6-3-7-11-19/h2-14H,15H2,1H3,(H,25,30). The van der Waals surface area contributed by atoms with Gasteiger partial charge in [-0.3, -0.25) is 14.9 Å². The molecule has 0 radical (unpaired) electrons. The number of carbonyl (C=O) groups is 2. The highest BCUT2D eigenvalue weighted by molar-refractivity contribution is 5.94. The van der Waals surface area contributed by atoms with Crippen LogP contribution in [0.1, 0.15) is 16.2 Å².